The lowest BCUT2D eigenvalue weighted by Crippen LogP contribution is -2.57. The van der Waals surface area contributed by atoms with Crippen molar-refractivity contribution in [2.75, 3.05) is 0 Å². The molecule has 2 heteroatoms. The zero-order valence-electron chi connectivity index (χ0n) is 19.9. The van der Waals surface area contributed by atoms with Gasteiger partial charge in [-0.15, -0.1) is 0 Å². The largest absolute Gasteiger partial charge is 0.393 e. The van der Waals surface area contributed by atoms with E-state index in [4.69, 9.17) is 0 Å². The summed E-state index contributed by atoms with van der Waals surface area (Å²) in [5.41, 5.74) is 0.575. The standard InChI is InChI=1S/C27H48O2/c1-17(2)9-14-24(28)18(3)21-12-13-22-20-11-10-19-7-6-8-25(29)27(19,5)23(20)15-16-26(21,22)4/h17-25,28-29H,6-16H2,1-5H3/t18-,19?,20-,21+,22-,23-,24?,25?,26+,27-/m0/s1. The maximum absolute atomic E-state index is 11.1. The number of fused-ring (bicyclic) bond motifs is 5. The van der Waals surface area contributed by atoms with Crippen LogP contribution in [-0.4, -0.2) is 22.4 Å². The molecule has 10 atom stereocenters. The van der Waals surface area contributed by atoms with E-state index in [0.29, 0.717) is 23.2 Å². The second-order valence-corrected chi connectivity index (χ2v) is 12.6. The van der Waals surface area contributed by atoms with Crippen LogP contribution in [0.4, 0.5) is 0 Å². The summed E-state index contributed by atoms with van der Waals surface area (Å²) in [6.07, 6.45) is 13.5. The van der Waals surface area contributed by atoms with Crippen LogP contribution in [0.5, 0.6) is 0 Å². The zero-order chi connectivity index (χ0) is 21.0. The number of aliphatic hydroxyl groups is 2. The summed E-state index contributed by atoms with van der Waals surface area (Å²) in [6, 6.07) is 0. The summed E-state index contributed by atoms with van der Waals surface area (Å²) in [5.74, 6) is 4.90. The van der Waals surface area contributed by atoms with E-state index < -0.39 is 0 Å². The molecular weight excluding hydrogens is 356 g/mol. The predicted octanol–water partition coefficient (Wildman–Crippen LogP) is 6.44. The van der Waals surface area contributed by atoms with Gasteiger partial charge in [0.2, 0.25) is 0 Å². The molecule has 0 bridgehead atoms. The van der Waals surface area contributed by atoms with Gasteiger partial charge >= 0.3 is 0 Å². The van der Waals surface area contributed by atoms with Crippen LogP contribution in [0.2, 0.25) is 0 Å². The molecule has 0 saturated heterocycles. The Morgan fingerprint density at radius 1 is 0.862 bits per heavy atom. The second-order valence-electron chi connectivity index (χ2n) is 12.6. The molecule has 4 saturated carbocycles. The molecule has 4 fully saturated rings. The lowest BCUT2D eigenvalue weighted by atomic mass is 9.44. The first-order valence-electron chi connectivity index (χ1n) is 13.1. The molecule has 168 valence electrons. The van der Waals surface area contributed by atoms with Crippen LogP contribution in [0.1, 0.15) is 105 Å². The Morgan fingerprint density at radius 2 is 1.62 bits per heavy atom. The topological polar surface area (TPSA) is 40.5 Å². The van der Waals surface area contributed by atoms with Crippen LogP contribution >= 0.6 is 0 Å². The van der Waals surface area contributed by atoms with Crippen molar-refractivity contribution in [3.05, 3.63) is 0 Å². The van der Waals surface area contributed by atoms with Crippen LogP contribution in [0.15, 0.2) is 0 Å². The van der Waals surface area contributed by atoms with Gasteiger partial charge in [0, 0.05) is 0 Å². The third-order valence-corrected chi connectivity index (χ3v) is 11.1. The van der Waals surface area contributed by atoms with Gasteiger partial charge in [0.25, 0.3) is 0 Å². The Bertz CT molecular complexity index is 573. The van der Waals surface area contributed by atoms with Crippen molar-refractivity contribution in [3.63, 3.8) is 0 Å². The summed E-state index contributed by atoms with van der Waals surface area (Å²) >= 11 is 0. The minimum Gasteiger partial charge on any atom is -0.393 e. The Kier molecular flexibility index (Phi) is 6.19. The van der Waals surface area contributed by atoms with Crippen LogP contribution in [0, 0.1) is 52.3 Å². The maximum atomic E-state index is 11.1. The first kappa shape index (κ1) is 22.1. The summed E-state index contributed by atoms with van der Waals surface area (Å²) in [4.78, 5) is 0. The zero-order valence-corrected chi connectivity index (χ0v) is 19.9. The maximum Gasteiger partial charge on any atom is 0.0599 e. The van der Waals surface area contributed by atoms with Crippen molar-refractivity contribution in [2.45, 2.75) is 117 Å². The minimum atomic E-state index is -0.135. The van der Waals surface area contributed by atoms with Gasteiger partial charge in [0.05, 0.1) is 12.2 Å². The fraction of sp³-hybridized carbons (Fsp3) is 1.00. The van der Waals surface area contributed by atoms with Crippen molar-refractivity contribution in [1.82, 2.24) is 0 Å². The van der Waals surface area contributed by atoms with Gasteiger partial charge in [-0.3, -0.25) is 0 Å². The Labute approximate surface area is 180 Å². The fourth-order valence-corrected chi connectivity index (χ4v) is 9.25. The lowest BCUT2D eigenvalue weighted by molar-refractivity contribution is -0.165. The smallest absolute Gasteiger partial charge is 0.0599 e. The highest BCUT2D eigenvalue weighted by Crippen LogP contribution is 2.68. The third kappa shape index (κ3) is 3.53. The summed E-state index contributed by atoms with van der Waals surface area (Å²) in [6.45, 7) is 11.9. The number of rotatable bonds is 5. The molecule has 3 unspecified atom stereocenters. The Hall–Kier alpha value is -0.0800. The Balaban J connectivity index is 1.51. The van der Waals surface area contributed by atoms with Crippen LogP contribution in [0.3, 0.4) is 0 Å². The van der Waals surface area contributed by atoms with Gasteiger partial charge in [-0.1, -0.05) is 41.0 Å². The van der Waals surface area contributed by atoms with Crippen LogP contribution in [0.25, 0.3) is 0 Å². The minimum absolute atomic E-state index is 0.0765. The van der Waals surface area contributed by atoms with E-state index in [9.17, 15) is 10.2 Å². The first-order chi connectivity index (χ1) is 13.7. The van der Waals surface area contributed by atoms with E-state index in [-0.39, 0.29) is 17.6 Å². The molecule has 0 aromatic heterocycles. The molecule has 0 heterocycles. The highest BCUT2D eigenvalue weighted by Gasteiger charge is 2.62. The number of hydrogen-bond acceptors (Lipinski definition) is 2. The average molecular weight is 405 g/mol. The van der Waals surface area contributed by atoms with Crippen LogP contribution in [-0.2, 0) is 0 Å². The molecule has 2 nitrogen and oxygen atoms in total. The molecule has 0 aromatic carbocycles. The van der Waals surface area contributed by atoms with Crippen molar-refractivity contribution < 1.29 is 10.2 Å². The van der Waals surface area contributed by atoms with Gasteiger partial charge in [-0.05, 0) is 116 Å². The Morgan fingerprint density at radius 3 is 2.34 bits per heavy atom. The molecular formula is C27H48O2. The molecule has 2 N–H and O–H groups in total. The van der Waals surface area contributed by atoms with Gasteiger partial charge in [-0.2, -0.15) is 0 Å². The normalized spacial score (nSPS) is 49.2. The summed E-state index contributed by atoms with van der Waals surface area (Å²) < 4.78 is 0. The molecule has 4 aliphatic rings. The molecule has 0 aromatic rings. The highest BCUT2D eigenvalue weighted by atomic mass is 16.3. The molecule has 0 spiro atoms. The molecule has 4 aliphatic carbocycles. The van der Waals surface area contributed by atoms with Gasteiger partial charge < -0.3 is 10.2 Å². The van der Waals surface area contributed by atoms with Crippen molar-refractivity contribution >= 4 is 0 Å². The third-order valence-electron chi connectivity index (χ3n) is 11.1. The molecule has 0 aliphatic heterocycles. The van der Waals surface area contributed by atoms with E-state index >= 15 is 0 Å². The molecule has 0 amide bonds. The van der Waals surface area contributed by atoms with Crippen molar-refractivity contribution in [2.24, 2.45) is 52.3 Å². The van der Waals surface area contributed by atoms with Gasteiger partial charge in [0.1, 0.15) is 0 Å². The lowest BCUT2D eigenvalue weighted by Gasteiger charge is -2.62. The molecule has 29 heavy (non-hydrogen) atoms. The van der Waals surface area contributed by atoms with Gasteiger partial charge in [-0.25, -0.2) is 0 Å². The second kappa shape index (κ2) is 8.12. The quantitative estimate of drug-likeness (QED) is 0.553. The molecule has 0 radical (unpaired) electrons. The summed E-state index contributed by atoms with van der Waals surface area (Å²) in [7, 11) is 0. The van der Waals surface area contributed by atoms with E-state index in [1.54, 1.807) is 0 Å². The van der Waals surface area contributed by atoms with E-state index in [0.717, 1.165) is 42.9 Å². The SMILES string of the molecule is CC(C)CCC(O)[C@@H](C)[C@H]1CC[C@H]2[C@@H]3CCC4CCCC(O)[C@]4(C)[C@H]3CC[C@]12C. The van der Waals surface area contributed by atoms with E-state index in [2.05, 4.69) is 34.6 Å². The monoisotopic (exact) mass is 404 g/mol. The fourth-order valence-electron chi connectivity index (χ4n) is 9.25. The number of aliphatic hydroxyl groups excluding tert-OH is 2. The summed E-state index contributed by atoms with van der Waals surface area (Å²) in [5, 5.41) is 22.1. The average Bonchev–Trinajstić information content (AvgIpc) is 3.03. The van der Waals surface area contributed by atoms with Crippen molar-refractivity contribution in [1.29, 1.82) is 0 Å². The number of hydrogen-bond donors (Lipinski definition) is 2. The van der Waals surface area contributed by atoms with E-state index in [1.165, 1.54) is 51.4 Å². The van der Waals surface area contributed by atoms with Crippen molar-refractivity contribution in [3.8, 4) is 0 Å². The van der Waals surface area contributed by atoms with E-state index in [1.807, 2.05) is 0 Å². The first-order valence-corrected chi connectivity index (χ1v) is 13.1. The predicted molar refractivity (Wildman–Crippen MR) is 120 cm³/mol. The molecule has 4 rings (SSSR count). The van der Waals surface area contributed by atoms with Crippen LogP contribution < -0.4 is 0 Å². The highest BCUT2D eigenvalue weighted by molar-refractivity contribution is 5.11. The van der Waals surface area contributed by atoms with Gasteiger partial charge in [0.15, 0.2) is 0 Å².